The Morgan fingerprint density at radius 3 is 1.00 bits per heavy atom. The van der Waals surface area contributed by atoms with Gasteiger partial charge in [0.1, 0.15) is 13.1 Å². The van der Waals surface area contributed by atoms with Gasteiger partial charge in [-0.1, -0.05) is 0 Å². The lowest BCUT2D eigenvalue weighted by atomic mass is 10.2. The second-order valence-corrected chi connectivity index (χ2v) is 8.43. The smallest absolute Gasteiger partial charge is 0.185 e. The van der Waals surface area contributed by atoms with E-state index in [2.05, 4.69) is 78.1 Å². The molecule has 0 saturated heterocycles. The van der Waals surface area contributed by atoms with Crippen LogP contribution < -0.4 is 10.2 Å². The third kappa shape index (κ3) is 6.67. The van der Waals surface area contributed by atoms with Gasteiger partial charge in [0.05, 0.1) is 49.2 Å². The van der Waals surface area contributed by atoms with Gasteiger partial charge in [0.25, 0.3) is 0 Å². The zero-order chi connectivity index (χ0) is 22.1. The van der Waals surface area contributed by atoms with Crippen LogP contribution in [0.1, 0.15) is 55.4 Å². The average Bonchev–Trinajstić information content (AvgIpc) is 3.27. The van der Waals surface area contributed by atoms with E-state index in [0.717, 1.165) is 22.1 Å². The molecule has 0 saturated carbocycles. The van der Waals surface area contributed by atoms with E-state index in [0.29, 0.717) is 24.2 Å². The number of carboxylic acids is 2. The van der Waals surface area contributed by atoms with Crippen molar-refractivity contribution >= 4 is 24.6 Å². The minimum Gasteiger partial charge on any atom is -0.543 e. The highest BCUT2D eigenvalue weighted by molar-refractivity contribution is 6.25. The number of quaternary nitrogens is 2. The summed E-state index contributed by atoms with van der Waals surface area (Å²) in [6.45, 7) is 22.6. The maximum absolute atomic E-state index is 8.93. The maximum Gasteiger partial charge on any atom is 0.185 e. The number of carboxylic acid groups (broad SMARTS) is 2. The van der Waals surface area contributed by atoms with E-state index in [4.69, 9.17) is 19.8 Å². The normalized spacial score (nSPS) is 18.9. The quantitative estimate of drug-likeness (QED) is 0.483. The summed E-state index contributed by atoms with van der Waals surface area (Å²) in [7, 11) is 0. The highest BCUT2D eigenvalue weighted by atomic mass is 16.4. The summed E-state index contributed by atoms with van der Waals surface area (Å²) in [5.74, 6) is -4.37. The second kappa shape index (κ2) is 11.3. The molecule has 0 aromatic heterocycles. The number of carbonyl (C=O) groups is 2. The van der Waals surface area contributed by atoms with Gasteiger partial charge in [-0.3, -0.25) is 8.97 Å². The molecule has 0 radical (unpaired) electrons. The molecule has 0 aromatic rings. The Morgan fingerprint density at radius 2 is 0.929 bits per heavy atom. The third-order valence-electron chi connectivity index (χ3n) is 5.84. The van der Waals surface area contributed by atoms with Crippen LogP contribution in [0.3, 0.4) is 0 Å². The number of rotatable bonds is 4. The molecule has 2 rings (SSSR count). The van der Waals surface area contributed by atoms with Crippen LogP contribution in [0, 0.1) is 0 Å². The maximum atomic E-state index is 8.93. The van der Waals surface area contributed by atoms with Gasteiger partial charge >= 0.3 is 0 Å². The van der Waals surface area contributed by atoms with Crippen molar-refractivity contribution in [3.05, 3.63) is 0 Å². The topological polar surface area (TPSA) is 105 Å². The van der Waals surface area contributed by atoms with Crippen LogP contribution in [0.5, 0.6) is 0 Å². The van der Waals surface area contributed by atoms with Gasteiger partial charge in [0.2, 0.25) is 0 Å². The molecule has 0 bridgehead atoms. The van der Waals surface area contributed by atoms with Gasteiger partial charge in [-0.15, -0.1) is 0 Å². The molecule has 0 aliphatic carbocycles. The molecular weight excluding hydrogens is 360 g/mol. The molecule has 0 atom stereocenters. The Morgan fingerprint density at radius 1 is 0.679 bits per heavy atom. The fourth-order valence-corrected chi connectivity index (χ4v) is 3.76. The summed E-state index contributed by atoms with van der Waals surface area (Å²) in [5.41, 5.74) is 0. The molecule has 0 unspecified atom stereocenters. The van der Waals surface area contributed by atoms with Crippen LogP contribution in [-0.2, 0) is 9.59 Å². The predicted octanol–water partition coefficient (Wildman–Crippen LogP) is -0.190. The van der Waals surface area contributed by atoms with Crippen LogP contribution in [0.25, 0.3) is 0 Å². The number of aliphatic carboxylic acids is 2. The molecule has 0 fully saturated rings. The van der Waals surface area contributed by atoms with Crippen molar-refractivity contribution < 1.29 is 28.8 Å². The number of hydrogen-bond acceptors (Lipinski definition) is 6. The van der Waals surface area contributed by atoms with E-state index in [1.165, 1.54) is 13.1 Å². The Hall–Kier alpha value is -1.80. The van der Waals surface area contributed by atoms with Gasteiger partial charge in [0, 0.05) is 0 Å². The molecule has 0 spiro atoms. The Bertz CT molecular complexity index is 503. The summed E-state index contributed by atoms with van der Waals surface area (Å²) >= 11 is 0. The minimum atomic E-state index is -2.19. The monoisotopic (exact) mass is 398 g/mol. The zero-order valence-corrected chi connectivity index (χ0v) is 18.7. The van der Waals surface area contributed by atoms with Crippen LogP contribution in [-0.4, -0.2) is 83.9 Å². The van der Waals surface area contributed by atoms with Gasteiger partial charge in [-0.2, -0.15) is 0 Å². The van der Waals surface area contributed by atoms with Crippen molar-refractivity contribution in [2.45, 2.75) is 79.6 Å². The van der Waals surface area contributed by atoms with E-state index in [9.17, 15) is 0 Å². The molecule has 0 amide bonds. The zero-order valence-electron chi connectivity index (χ0n) is 18.7. The minimum absolute atomic E-state index is 0.668. The lowest BCUT2D eigenvalue weighted by molar-refractivity contribution is -0.872. The van der Waals surface area contributed by atoms with E-state index in [1.807, 2.05) is 0 Å². The molecule has 2 aliphatic rings. The van der Waals surface area contributed by atoms with Gasteiger partial charge in [0.15, 0.2) is 12.7 Å². The summed E-state index contributed by atoms with van der Waals surface area (Å²) in [5, 5.41) is 17.9. The van der Waals surface area contributed by atoms with Gasteiger partial charge in [-0.25, -0.2) is 9.98 Å². The van der Waals surface area contributed by atoms with E-state index in [1.54, 1.807) is 0 Å². The molecule has 2 aliphatic heterocycles. The lowest BCUT2D eigenvalue weighted by Gasteiger charge is -2.38. The standard InChI is InChI=1S/2C9H19N2.C2H2O4/c2*1-8(2)11(9(3)4)6-5-10-7-11;3-1(4)2(5)6/h2*7-9H,5-6H2,1-4H3;(H,3,4)(H,5,6)/q2*+1;/p-2. The summed E-state index contributed by atoms with van der Waals surface area (Å²) in [6, 6.07) is 2.67. The molecule has 162 valence electrons. The summed E-state index contributed by atoms with van der Waals surface area (Å²) < 4.78 is 2.14. The number of hydrogen-bond donors (Lipinski definition) is 0. The molecule has 2 heterocycles. The van der Waals surface area contributed by atoms with Gasteiger partial charge in [-0.05, 0) is 55.4 Å². The van der Waals surface area contributed by atoms with Gasteiger partial charge < -0.3 is 19.8 Å². The first-order valence-corrected chi connectivity index (χ1v) is 10.0. The molecule has 0 N–H and O–H groups in total. The first-order chi connectivity index (χ1) is 12.8. The molecule has 28 heavy (non-hydrogen) atoms. The van der Waals surface area contributed by atoms with Crippen molar-refractivity contribution in [3.63, 3.8) is 0 Å². The second-order valence-electron chi connectivity index (χ2n) is 8.43. The number of aliphatic imine (C=N–C) groups is 2. The van der Waals surface area contributed by atoms with Crippen molar-refractivity contribution in [2.75, 3.05) is 26.2 Å². The van der Waals surface area contributed by atoms with Crippen molar-refractivity contribution in [3.8, 4) is 0 Å². The van der Waals surface area contributed by atoms with Crippen LogP contribution in [0.15, 0.2) is 9.98 Å². The third-order valence-corrected chi connectivity index (χ3v) is 5.84. The first-order valence-electron chi connectivity index (χ1n) is 10.0. The fourth-order valence-electron chi connectivity index (χ4n) is 3.76. The van der Waals surface area contributed by atoms with Crippen LogP contribution in [0.4, 0.5) is 0 Å². The number of nitrogens with zero attached hydrogens (tertiary/aromatic N) is 4. The van der Waals surface area contributed by atoms with Crippen LogP contribution >= 0.6 is 0 Å². The van der Waals surface area contributed by atoms with Crippen molar-refractivity contribution in [2.24, 2.45) is 9.98 Å². The highest BCUT2D eigenvalue weighted by Gasteiger charge is 2.36. The van der Waals surface area contributed by atoms with Crippen molar-refractivity contribution in [1.29, 1.82) is 0 Å². The Kier molecular flexibility index (Phi) is 10.5. The SMILES string of the molecule is CC(C)[N+]1(C(C)C)C=NCC1.CC(C)[N+]1(C(C)C)C=NCC1.O=C([O-])C(=O)[O-]. The van der Waals surface area contributed by atoms with E-state index in [-0.39, 0.29) is 0 Å². The highest BCUT2D eigenvalue weighted by Crippen LogP contribution is 2.20. The van der Waals surface area contributed by atoms with Crippen LogP contribution in [0.2, 0.25) is 0 Å². The predicted molar refractivity (Wildman–Crippen MR) is 108 cm³/mol. The van der Waals surface area contributed by atoms with E-state index >= 15 is 0 Å². The molecule has 8 heteroatoms. The lowest BCUT2D eigenvalue weighted by Crippen LogP contribution is -2.55. The van der Waals surface area contributed by atoms with Crippen molar-refractivity contribution in [1.82, 2.24) is 0 Å². The Balaban J connectivity index is 0.000000411. The average molecular weight is 399 g/mol. The summed E-state index contributed by atoms with van der Waals surface area (Å²) in [4.78, 5) is 26.5. The van der Waals surface area contributed by atoms with E-state index < -0.39 is 11.9 Å². The number of carbonyl (C=O) groups excluding carboxylic acids is 2. The first kappa shape index (κ1) is 26.2. The Labute approximate surface area is 169 Å². The molecular formula is C20H38N4O4. The largest absolute Gasteiger partial charge is 0.543 e. The fraction of sp³-hybridized carbons (Fsp3) is 0.800. The molecule has 8 nitrogen and oxygen atoms in total. The summed E-state index contributed by atoms with van der Waals surface area (Å²) in [6.07, 6.45) is 4.27. The molecule has 0 aromatic carbocycles.